The Hall–Kier alpha value is -6.82. The minimum Gasteiger partial charge on any atom is -0.494 e. The molecule has 0 aliphatic heterocycles. The van der Waals surface area contributed by atoms with E-state index in [0.717, 1.165) is 18.5 Å². The van der Waals surface area contributed by atoms with Gasteiger partial charge in [-0.3, -0.25) is 39.2 Å². The van der Waals surface area contributed by atoms with Gasteiger partial charge in [-0.1, -0.05) is 19.1 Å². The molecule has 0 saturated heterocycles. The van der Waals surface area contributed by atoms with Crippen LogP contribution >= 0.6 is 0 Å². The Balaban J connectivity index is 1.39. The maximum Gasteiger partial charge on any atom is 0.276 e. The second kappa shape index (κ2) is 17.3. The molecule has 4 aromatic heterocycles. The Bertz CT molecular complexity index is 2510. The van der Waals surface area contributed by atoms with Crippen LogP contribution in [0.15, 0.2) is 48.6 Å². The first kappa shape index (κ1) is 39.9. The molecule has 0 spiro atoms. The predicted molar refractivity (Wildman–Crippen MR) is 214 cm³/mol. The van der Waals surface area contributed by atoms with Gasteiger partial charge in [-0.25, -0.2) is 9.97 Å². The highest BCUT2D eigenvalue weighted by molar-refractivity contribution is 6.05. The van der Waals surface area contributed by atoms with Gasteiger partial charge in [0, 0.05) is 37.8 Å². The molecule has 6 rings (SSSR count). The first-order valence-corrected chi connectivity index (χ1v) is 18.5. The minimum absolute atomic E-state index is 0.191. The third-order valence-corrected chi connectivity index (χ3v) is 9.26. The molecule has 4 heterocycles. The van der Waals surface area contributed by atoms with E-state index >= 15 is 0 Å². The van der Waals surface area contributed by atoms with Crippen molar-refractivity contribution in [1.82, 2.24) is 44.0 Å². The number of amides is 3. The summed E-state index contributed by atoms with van der Waals surface area (Å²) < 4.78 is 18.5. The van der Waals surface area contributed by atoms with Gasteiger partial charge < -0.3 is 29.7 Å². The molecular formula is C39H46N12O6. The summed E-state index contributed by atoms with van der Waals surface area (Å²) >= 11 is 0. The number of aryl methyl sites for hydroxylation is 4. The van der Waals surface area contributed by atoms with Crippen LogP contribution in [0.25, 0.3) is 22.1 Å². The van der Waals surface area contributed by atoms with E-state index in [0.29, 0.717) is 82.2 Å². The number of imidazole rings is 2. The topological polar surface area (TPSA) is 220 Å². The monoisotopic (exact) mass is 778 g/mol. The van der Waals surface area contributed by atoms with Crippen LogP contribution in [0.5, 0.6) is 11.5 Å². The number of nitrogens with two attached hydrogens (primary N) is 1. The van der Waals surface area contributed by atoms with Gasteiger partial charge in [0.25, 0.3) is 11.8 Å². The quantitative estimate of drug-likeness (QED) is 0.0557. The average molecular weight is 779 g/mol. The number of benzene rings is 2. The van der Waals surface area contributed by atoms with E-state index in [1.54, 1.807) is 58.1 Å². The Morgan fingerprint density at radius 1 is 0.860 bits per heavy atom. The lowest BCUT2D eigenvalue weighted by Gasteiger charge is -2.13. The van der Waals surface area contributed by atoms with Gasteiger partial charge in [0.15, 0.2) is 0 Å². The number of hydrogen-bond donors (Lipinski definition) is 4. The number of methoxy groups -OCH3 is 1. The number of carbonyl (C=O) groups is 4. The number of aromatic nitrogens is 8. The van der Waals surface area contributed by atoms with Crippen molar-refractivity contribution in [3.63, 3.8) is 0 Å². The Kier molecular flexibility index (Phi) is 12.1. The fourth-order valence-corrected chi connectivity index (χ4v) is 6.51. The first-order chi connectivity index (χ1) is 27.5. The summed E-state index contributed by atoms with van der Waals surface area (Å²) in [4.78, 5) is 60.8. The van der Waals surface area contributed by atoms with Crippen LogP contribution in [0.3, 0.4) is 0 Å². The van der Waals surface area contributed by atoms with E-state index in [4.69, 9.17) is 20.2 Å². The SMILES string of the molecule is CCc1cc(C(=O)Nc2nc3cc(C=O)cc(OCCCNC)c3n2C/C=C/Cn2c(NC(=O)c3cc(C)nn3CC)nc3cc(C(N)=O)cc(OC)c32)n(C)n1. The van der Waals surface area contributed by atoms with Crippen LogP contribution in [0, 0.1) is 6.92 Å². The van der Waals surface area contributed by atoms with Crippen molar-refractivity contribution >= 4 is 58.0 Å². The smallest absolute Gasteiger partial charge is 0.276 e. The number of nitrogens with zero attached hydrogens (tertiary/aromatic N) is 8. The predicted octanol–water partition coefficient (Wildman–Crippen LogP) is 3.88. The number of aldehydes is 1. The standard InChI is InChI=1S/C39H46N12O6/c1-7-26-21-29(48(5)47-26)36(54)44-38-42-27-17-24(22-52)18-32(57-15-11-12-41-4)34(27)50(38)14-10-9-13-49-33-28(19-25(35(40)53)20-31(33)56-6)43-39(49)45-37(55)30-16-23(3)46-51(30)8-2/h9-10,16-22,41H,7-8,11-15H2,1-6H3,(H2,40,53)(H,42,44,54)(H,43,45,55)/b10-9+. The van der Waals surface area contributed by atoms with E-state index in [-0.39, 0.29) is 30.5 Å². The van der Waals surface area contributed by atoms with Crippen LogP contribution in [-0.4, -0.2) is 90.0 Å². The van der Waals surface area contributed by atoms with E-state index in [2.05, 4.69) is 31.1 Å². The number of rotatable bonds is 18. The Labute approximate surface area is 328 Å². The van der Waals surface area contributed by atoms with E-state index in [1.165, 1.54) is 17.9 Å². The van der Waals surface area contributed by atoms with Crippen LogP contribution in [0.2, 0.25) is 0 Å². The molecule has 2 aromatic carbocycles. The summed E-state index contributed by atoms with van der Waals surface area (Å²) in [5.74, 6) is -0.306. The summed E-state index contributed by atoms with van der Waals surface area (Å²) in [7, 11) is 5.03. The molecule has 298 valence electrons. The van der Waals surface area contributed by atoms with Crippen LogP contribution < -0.4 is 31.2 Å². The lowest BCUT2D eigenvalue weighted by Crippen LogP contribution is -2.20. The summed E-state index contributed by atoms with van der Waals surface area (Å²) in [6.45, 7) is 7.63. The van der Waals surface area contributed by atoms with E-state index < -0.39 is 17.7 Å². The third kappa shape index (κ3) is 8.40. The number of anilines is 2. The molecular weight excluding hydrogens is 733 g/mol. The van der Waals surface area contributed by atoms with Gasteiger partial charge in [-0.15, -0.1) is 0 Å². The van der Waals surface area contributed by atoms with Gasteiger partial charge >= 0.3 is 0 Å². The van der Waals surface area contributed by atoms with Gasteiger partial charge in [-0.05, 0) is 76.7 Å². The van der Waals surface area contributed by atoms with Crippen molar-refractivity contribution in [3.05, 3.63) is 82.5 Å². The van der Waals surface area contributed by atoms with Crippen molar-refractivity contribution in [2.75, 3.05) is 37.9 Å². The van der Waals surface area contributed by atoms with Crippen LogP contribution in [0.1, 0.15) is 73.3 Å². The molecule has 0 aliphatic carbocycles. The van der Waals surface area contributed by atoms with E-state index in [1.807, 2.05) is 33.0 Å². The molecule has 0 fully saturated rings. The number of nitrogens with one attached hydrogen (secondary N) is 3. The lowest BCUT2D eigenvalue weighted by atomic mass is 10.1. The van der Waals surface area contributed by atoms with Crippen LogP contribution in [-0.2, 0) is 33.1 Å². The van der Waals surface area contributed by atoms with Crippen molar-refractivity contribution < 1.29 is 28.7 Å². The molecule has 0 atom stereocenters. The molecule has 18 nitrogen and oxygen atoms in total. The average Bonchev–Trinajstić information content (AvgIpc) is 3.96. The van der Waals surface area contributed by atoms with Gasteiger partial charge in [0.05, 0.1) is 36.1 Å². The number of hydrogen-bond acceptors (Lipinski definition) is 11. The first-order valence-electron chi connectivity index (χ1n) is 18.5. The maximum atomic E-state index is 13.6. The van der Waals surface area contributed by atoms with Crippen molar-refractivity contribution in [1.29, 1.82) is 0 Å². The van der Waals surface area contributed by atoms with Crippen molar-refractivity contribution in [2.45, 2.75) is 53.2 Å². The molecule has 6 aromatic rings. The van der Waals surface area contributed by atoms with Crippen LogP contribution in [0.4, 0.5) is 11.9 Å². The number of fused-ring (bicyclic) bond motifs is 2. The number of ether oxygens (including phenoxy) is 2. The molecule has 5 N–H and O–H groups in total. The highest BCUT2D eigenvalue weighted by atomic mass is 16.5. The highest BCUT2D eigenvalue weighted by Crippen LogP contribution is 2.33. The lowest BCUT2D eigenvalue weighted by molar-refractivity contribution is 0.0994. The zero-order valence-corrected chi connectivity index (χ0v) is 32.8. The third-order valence-electron chi connectivity index (χ3n) is 9.26. The molecule has 57 heavy (non-hydrogen) atoms. The number of allylic oxidation sites excluding steroid dienone is 2. The maximum absolute atomic E-state index is 13.6. The summed E-state index contributed by atoms with van der Waals surface area (Å²) in [5, 5.41) is 17.8. The second-order valence-corrected chi connectivity index (χ2v) is 13.2. The highest BCUT2D eigenvalue weighted by Gasteiger charge is 2.23. The second-order valence-electron chi connectivity index (χ2n) is 13.2. The summed E-state index contributed by atoms with van der Waals surface area (Å²) in [6, 6.07) is 9.78. The zero-order valence-electron chi connectivity index (χ0n) is 32.8. The molecule has 0 saturated carbocycles. The van der Waals surface area contributed by atoms with E-state index in [9.17, 15) is 19.2 Å². The van der Waals surface area contributed by atoms with Gasteiger partial charge in [0.1, 0.15) is 40.2 Å². The Morgan fingerprint density at radius 3 is 2.09 bits per heavy atom. The molecule has 0 radical (unpaired) electrons. The molecule has 0 bridgehead atoms. The molecule has 0 unspecified atom stereocenters. The molecule has 0 aliphatic rings. The number of primary amides is 1. The fraction of sp³-hybridized carbons (Fsp3) is 0.333. The van der Waals surface area contributed by atoms with Crippen molar-refractivity contribution in [3.8, 4) is 11.5 Å². The molecule has 18 heteroatoms. The summed E-state index contributed by atoms with van der Waals surface area (Å²) in [6.07, 6.45) is 5.82. The minimum atomic E-state index is -0.659. The Morgan fingerprint density at radius 2 is 1.51 bits per heavy atom. The molecule has 3 amide bonds. The van der Waals surface area contributed by atoms with Gasteiger partial charge in [-0.2, -0.15) is 10.2 Å². The normalized spacial score (nSPS) is 11.5. The zero-order chi connectivity index (χ0) is 40.8. The largest absolute Gasteiger partial charge is 0.494 e. The summed E-state index contributed by atoms with van der Waals surface area (Å²) in [5.41, 5.74) is 10.3. The number of carbonyl (C=O) groups excluding carboxylic acids is 4. The van der Waals surface area contributed by atoms with Gasteiger partial charge in [0.2, 0.25) is 17.8 Å². The fourth-order valence-electron chi connectivity index (χ4n) is 6.51. The van der Waals surface area contributed by atoms with Crippen molar-refractivity contribution in [2.24, 2.45) is 12.8 Å².